The van der Waals surface area contributed by atoms with Crippen molar-refractivity contribution in [2.75, 3.05) is 13.7 Å². The standard InChI is InChI=1S/C37H44O5.CH4O/c1-24(2)18-29(19-25(3)4)15-17-31-21-33(42-37(31)39)23-40-36(38)27(6)20-32-22-34-30(8-7-9-35(34)41-32)16-14-28-12-10-26(5)11-13-28;1-2/h7-13,17,22,24-25,27,29,33H,15,18-21,23H2,1-6H3;2H,1H3/b31-17+;. The minimum absolute atomic E-state index is 0.0621. The first-order valence-corrected chi connectivity index (χ1v) is 15.7. The molecule has 236 valence electrons. The van der Waals surface area contributed by atoms with E-state index in [1.54, 1.807) is 0 Å². The largest absolute Gasteiger partial charge is 0.462 e. The van der Waals surface area contributed by atoms with Crippen LogP contribution in [-0.4, -0.2) is 36.9 Å². The van der Waals surface area contributed by atoms with Gasteiger partial charge in [-0.2, -0.15) is 0 Å². The fourth-order valence-electron chi connectivity index (χ4n) is 5.59. The molecule has 1 aromatic heterocycles. The van der Waals surface area contributed by atoms with E-state index in [-0.39, 0.29) is 18.5 Å². The van der Waals surface area contributed by atoms with Gasteiger partial charge < -0.3 is 19.0 Å². The smallest absolute Gasteiger partial charge is 0.334 e. The summed E-state index contributed by atoms with van der Waals surface area (Å²) in [6.45, 7) is 12.9. The summed E-state index contributed by atoms with van der Waals surface area (Å²) < 4.78 is 17.1. The van der Waals surface area contributed by atoms with Gasteiger partial charge in [-0.3, -0.25) is 4.79 Å². The number of ether oxygens (including phenoxy) is 2. The summed E-state index contributed by atoms with van der Waals surface area (Å²) in [5, 5.41) is 7.92. The zero-order valence-electron chi connectivity index (χ0n) is 27.3. The number of aliphatic hydroxyl groups excluding tert-OH is 1. The van der Waals surface area contributed by atoms with E-state index in [0.717, 1.165) is 48.5 Å². The van der Waals surface area contributed by atoms with Crippen LogP contribution < -0.4 is 0 Å². The van der Waals surface area contributed by atoms with Crippen LogP contribution in [-0.2, 0) is 25.5 Å². The van der Waals surface area contributed by atoms with E-state index in [2.05, 4.69) is 46.5 Å². The third-order valence-electron chi connectivity index (χ3n) is 7.62. The lowest BCUT2D eigenvalue weighted by atomic mass is 9.86. The highest BCUT2D eigenvalue weighted by atomic mass is 16.6. The highest BCUT2D eigenvalue weighted by Crippen LogP contribution is 2.28. The van der Waals surface area contributed by atoms with Crippen molar-refractivity contribution in [1.29, 1.82) is 0 Å². The Morgan fingerprint density at radius 3 is 2.36 bits per heavy atom. The van der Waals surface area contributed by atoms with Crippen LogP contribution in [0.5, 0.6) is 0 Å². The first kappa shape index (κ1) is 34.7. The Hall–Kier alpha value is -3.82. The van der Waals surface area contributed by atoms with Gasteiger partial charge in [-0.1, -0.05) is 76.3 Å². The summed E-state index contributed by atoms with van der Waals surface area (Å²) in [5.74, 6) is 7.94. The predicted molar refractivity (Wildman–Crippen MR) is 175 cm³/mol. The molecule has 1 saturated heterocycles. The summed E-state index contributed by atoms with van der Waals surface area (Å²) in [7, 11) is 1.00. The van der Waals surface area contributed by atoms with Crippen LogP contribution in [0.25, 0.3) is 11.0 Å². The van der Waals surface area contributed by atoms with Gasteiger partial charge in [0.05, 0.1) is 5.92 Å². The molecule has 1 aliphatic heterocycles. The second-order valence-electron chi connectivity index (χ2n) is 12.6. The van der Waals surface area contributed by atoms with Crippen molar-refractivity contribution in [3.63, 3.8) is 0 Å². The maximum atomic E-state index is 12.8. The summed E-state index contributed by atoms with van der Waals surface area (Å²) in [5.41, 5.74) is 4.47. The SMILES string of the molecule is CO.Cc1ccc(C#Cc2cccc3oc(CC(C)C(=O)OCC4C/C(=C\CC(CC(C)C)CC(C)C)C(=O)O4)cc23)cc1. The number of hydrogen-bond acceptors (Lipinski definition) is 6. The first-order valence-electron chi connectivity index (χ1n) is 15.7. The fraction of sp³-hybridized carbons (Fsp3) is 0.474. The monoisotopic (exact) mass is 600 g/mol. The van der Waals surface area contributed by atoms with Crippen molar-refractivity contribution >= 4 is 22.9 Å². The molecule has 0 saturated carbocycles. The third-order valence-corrected chi connectivity index (χ3v) is 7.62. The molecule has 44 heavy (non-hydrogen) atoms. The molecule has 1 fully saturated rings. The van der Waals surface area contributed by atoms with Gasteiger partial charge in [0.15, 0.2) is 0 Å². The van der Waals surface area contributed by atoms with Crippen molar-refractivity contribution < 1.29 is 28.6 Å². The lowest BCUT2D eigenvalue weighted by Gasteiger charge is -2.19. The number of carbonyl (C=O) groups excluding carboxylic acids is 2. The highest BCUT2D eigenvalue weighted by Gasteiger charge is 2.31. The number of esters is 2. The number of aryl methyl sites for hydroxylation is 1. The van der Waals surface area contributed by atoms with Gasteiger partial charge in [-0.15, -0.1) is 0 Å². The van der Waals surface area contributed by atoms with E-state index < -0.39 is 12.0 Å². The molecule has 2 atom stereocenters. The number of furan rings is 1. The maximum Gasteiger partial charge on any atom is 0.334 e. The summed E-state index contributed by atoms with van der Waals surface area (Å²) in [4.78, 5) is 25.3. The molecule has 0 bridgehead atoms. The van der Waals surface area contributed by atoms with Crippen molar-refractivity contribution in [3.8, 4) is 11.8 Å². The van der Waals surface area contributed by atoms with Crippen LogP contribution in [0.15, 0.2) is 64.6 Å². The van der Waals surface area contributed by atoms with E-state index in [4.69, 9.17) is 19.0 Å². The third kappa shape index (κ3) is 10.4. The lowest BCUT2D eigenvalue weighted by molar-refractivity contribution is -0.155. The van der Waals surface area contributed by atoms with Crippen LogP contribution in [0, 0.1) is 42.4 Å². The lowest BCUT2D eigenvalue weighted by Crippen LogP contribution is -2.23. The molecule has 0 aliphatic carbocycles. The average Bonchev–Trinajstić information content (AvgIpc) is 3.57. The zero-order valence-corrected chi connectivity index (χ0v) is 27.3. The van der Waals surface area contributed by atoms with E-state index in [0.29, 0.717) is 41.9 Å². The average molecular weight is 601 g/mol. The Bertz CT molecular complexity index is 1450. The van der Waals surface area contributed by atoms with Crippen molar-refractivity contribution in [3.05, 3.63) is 82.6 Å². The van der Waals surface area contributed by atoms with Gasteiger partial charge in [-0.05, 0) is 74.3 Å². The molecule has 6 nitrogen and oxygen atoms in total. The van der Waals surface area contributed by atoms with Crippen molar-refractivity contribution in [2.24, 2.45) is 23.7 Å². The molecule has 0 radical (unpaired) electrons. The van der Waals surface area contributed by atoms with Gasteiger partial charge in [0.25, 0.3) is 0 Å². The van der Waals surface area contributed by atoms with Crippen molar-refractivity contribution in [2.45, 2.75) is 79.8 Å². The molecular weight excluding hydrogens is 552 g/mol. The second-order valence-corrected chi connectivity index (χ2v) is 12.6. The van der Waals surface area contributed by atoms with Crippen molar-refractivity contribution in [1.82, 2.24) is 0 Å². The number of carbonyl (C=O) groups is 2. The Morgan fingerprint density at radius 2 is 1.70 bits per heavy atom. The van der Waals surface area contributed by atoms with Crippen LogP contribution in [0.2, 0.25) is 0 Å². The number of allylic oxidation sites excluding steroid dienone is 1. The molecule has 1 aliphatic rings. The Balaban J connectivity index is 0.00000259. The number of benzene rings is 2. The molecule has 6 heteroatoms. The molecule has 2 heterocycles. The summed E-state index contributed by atoms with van der Waals surface area (Å²) in [6, 6.07) is 15.9. The van der Waals surface area contributed by atoms with E-state index in [1.807, 2.05) is 61.5 Å². The Labute approximate surface area is 262 Å². The maximum absolute atomic E-state index is 12.8. The molecule has 0 amide bonds. The number of rotatable bonds is 11. The minimum Gasteiger partial charge on any atom is -0.462 e. The van der Waals surface area contributed by atoms with E-state index in [9.17, 15) is 9.59 Å². The zero-order chi connectivity index (χ0) is 32.2. The van der Waals surface area contributed by atoms with Gasteiger partial charge in [0, 0.05) is 42.0 Å². The van der Waals surface area contributed by atoms with Gasteiger partial charge in [0.1, 0.15) is 24.1 Å². The highest BCUT2D eigenvalue weighted by molar-refractivity contribution is 5.90. The predicted octanol–water partition coefficient (Wildman–Crippen LogP) is 7.81. The second kappa shape index (κ2) is 16.9. The molecule has 4 rings (SSSR count). The van der Waals surface area contributed by atoms with E-state index >= 15 is 0 Å². The van der Waals surface area contributed by atoms with Crippen LogP contribution in [0.3, 0.4) is 0 Å². The van der Waals surface area contributed by atoms with Crippen LogP contribution in [0.4, 0.5) is 0 Å². The minimum atomic E-state index is -0.436. The summed E-state index contributed by atoms with van der Waals surface area (Å²) in [6.07, 6.45) is 5.65. The molecule has 0 spiro atoms. The van der Waals surface area contributed by atoms with Gasteiger partial charge >= 0.3 is 11.9 Å². The molecule has 1 N–H and O–H groups in total. The number of aliphatic hydroxyl groups is 1. The summed E-state index contributed by atoms with van der Waals surface area (Å²) >= 11 is 0. The number of fused-ring (bicyclic) bond motifs is 1. The number of cyclic esters (lactones) is 1. The van der Waals surface area contributed by atoms with Gasteiger partial charge in [0.2, 0.25) is 0 Å². The van der Waals surface area contributed by atoms with E-state index in [1.165, 1.54) is 5.56 Å². The molecule has 2 unspecified atom stereocenters. The molecule has 3 aromatic rings. The Morgan fingerprint density at radius 1 is 1.02 bits per heavy atom. The van der Waals surface area contributed by atoms with Gasteiger partial charge in [-0.25, -0.2) is 4.79 Å². The quantitative estimate of drug-likeness (QED) is 0.137. The fourth-order valence-corrected chi connectivity index (χ4v) is 5.59. The topological polar surface area (TPSA) is 86.0 Å². The molecular formula is C38H48O6. The van der Waals surface area contributed by atoms with Crippen LogP contribution in [0.1, 0.15) is 82.8 Å². The Kier molecular flexibility index (Phi) is 13.3. The number of hydrogen-bond donors (Lipinski definition) is 1. The normalized spacial score (nSPS) is 16.1. The molecule has 2 aromatic carbocycles. The van der Waals surface area contributed by atoms with Crippen LogP contribution >= 0.6 is 0 Å². The first-order chi connectivity index (χ1) is 21.1.